The van der Waals surface area contributed by atoms with Crippen LogP contribution in [0.2, 0.25) is 0 Å². The third-order valence-corrected chi connectivity index (χ3v) is 4.89. The highest BCUT2D eigenvalue weighted by Crippen LogP contribution is 2.28. The smallest absolute Gasteiger partial charge is 0.229 e. The predicted molar refractivity (Wildman–Crippen MR) is 106 cm³/mol. The molecular weight excluding hydrogens is 396 g/mol. The fraction of sp³-hybridized carbons (Fsp3) is 0.300. The summed E-state index contributed by atoms with van der Waals surface area (Å²) >= 11 is 3.41. The van der Waals surface area contributed by atoms with Crippen LogP contribution in [0.3, 0.4) is 0 Å². The van der Waals surface area contributed by atoms with Gasteiger partial charge in [0.05, 0.1) is 12.5 Å². The van der Waals surface area contributed by atoms with E-state index in [4.69, 9.17) is 4.74 Å². The van der Waals surface area contributed by atoms with E-state index in [9.17, 15) is 9.59 Å². The third kappa shape index (κ3) is 4.07. The lowest BCUT2D eigenvalue weighted by atomic mass is 10.1. The van der Waals surface area contributed by atoms with Crippen molar-refractivity contribution in [3.8, 4) is 5.75 Å². The quantitative estimate of drug-likeness (QED) is 0.796. The first-order chi connectivity index (χ1) is 12.5. The van der Waals surface area contributed by atoms with E-state index in [2.05, 4.69) is 21.2 Å². The molecule has 3 rings (SSSR count). The van der Waals surface area contributed by atoms with Crippen molar-refractivity contribution in [1.29, 1.82) is 0 Å². The van der Waals surface area contributed by atoms with Gasteiger partial charge in [0.15, 0.2) is 0 Å². The Labute approximate surface area is 161 Å². The van der Waals surface area contributed by atoms with Crippen molar-refractivity contribution in [1.82, 2.24) is 0 Å². The molecule has 1 fully saturated rings. The number of benzene rings is 2. The second-order valence-electron chi connectivity index (χ2n) is 6.28. The number of hydrogen-bond acceptors (Lipinski definition) is 3. The number of rotatable bonds is 5. The van der Waals surface area contributed by atoms with Gasteiger partial charge in [-0.1, -0.05) is 15.9 Å². The van der Waals surface area contributed by atoms with Crippen molar-refractivity contribution >= 4 is 39.1 Å². The Morgan fingerprint density at radius 2 is 2.00 bits per heavy atom. The average Bonchev–Trinajstić information content (AvgIpc) is 3.00. The van der Waals surface area contributed by atoms with E-state index in [-0.39, 0.29) is 24.2 Å². The van der Waals surface area contributed by atoms with Crippen LogP contribution in [0.4, 0.5) is 11.4 Å². The van der Waals surface area contributed by atoms with Gasteiger partial charge in [0, 0.05) is 28.8 Å². The summed E-state index contributed by atoms with van der Waals surface area (Å²) in [5.41, 5.74) is 2.53. The molecule has 1 atom stereocenters. The Hall–Kier alpha value is -2.34. The number of nitrogens with zero attached hydrogens (tertiary/aromatic N) is 1. The van der Waals surface area contributed by atoms with Crippen LogP contribution in [-0.4, -0.2) is 25.0 Å². The van der Waals surface area contributed by atoms with E-state index in [0.717, 1.165) is 27.2 Å². The molecule has 0 bridgehead atoms. The molecule has 0 aliphatic carbocycles. The lowest BCUT2D eigenvalue weighted by molar-refractivity contribution is -0.122. The average molecular weight is 417 g/mol. The number of nitrogens with one attached hydrogen (secondary N) is 1. The van der Waals surface area contributed by atoms with Gasteiger partial charge in [-0.15, -0.1) is 0 Å². The van der Waals surface area contributed by atoms with E-state index in [1.165, 1.54) is 0 Å². The van der Waals surface area contributed by atoms with Crippen molar-refractivity contribution in [2.24, 2.45) is 5.92 Å². The number of carbonyl (C=O) groups is 2. The molecule has 1 N–H and O–H groups in total. The second-order valence-corrected chi connectivity index (χ2v) is 7.20. The van der Waals surface area contributed by atoms with Crippen LogP contribution in [0.5, 0.6) is 5.75 Å². The molecule has 2 aromatic rings. The van der Waals surface area contributed by atoms with Crippen molar-refractivity contribution < 1.29 is 14.3 Å². The fourth-order valence-corrected chi connectivity index (χ4v) is 3.50. The third-order valence-electron chi connectivity index (χ3n) is 4.40. The van der Waals surface area contributed by atoms with Crippen molar-refractivity contribution in [3.05, 3.63) is 52.5 Å². The lowest BCUT2D eigenvalue weighted by Gasteiger charge is -2.17. The second kappa shape index (κ2) is 7.91. The summed E-state index contributed by atoms with van der Waals surface area (Å²) in [4.78, 5) is 26.6. The van der Waals surface area contributed by atoms with Crippen LogP contribution >= 0.6 is 15.9 Å². The monoisotopic (exact) mass is 416 g/mol. The van der Waals surface area contributed by atoms with E-state index in [1.807, 2.05) is 56.3 Å². The van der Waals surface area contributed by atoms with Crippen LogP contribution in [0, 0.1) is 12.8 Å². The van der Waals surface area contributed by atoms with Crippen LogP contribution in [0.1, 0.15) is 18.9 Å². The molecule has 1 aliphatic rings. The van der Waals surface area contributed by atoms with Gasteiger partial charge in [-0.25, -0.2) is 0 Å². The summed E-state index contributed by atoms with van der Waals surface area (Å²) in [6.45, 7) is 4.84. The van der Waals surface area contributed by atoms with Crippen molar-refractivity contribution in [2.45, 2.75) is 20.3 Å². The fourth-order valence-electron chi connectivity index (χ4n) is 3.02. The number of amides is 2. The van der Waals surface area contributed by atoms with E-state index < -0.39 is 0 Å². The Morgan fingerprint density at radius 3 is 2.65 bits per heavy atom. The molecule has 0 unspecified atom stereocenters. The summed E-state index contributed by atoms with van der Waals surface area (Å²) in [6.07, 6.45) is 0.217. The molecule has 136 valence electrons. The molecule has 26 heavy (non-hydrogen) atoms. The van der Waals surface area contributed by atoms with Gasteiger partial charge in [0.25, 0.3) is 0 Å². The van der Waals surface area contributed by atoms with Crippen molar-refractivity contribution in [2.75, 3.05) is 23.4 Å². The van der Waals surface area contributed by atoms with Gasteiger partial charge >= 0.3 is 0 Å². The van der Waals surface area contributed by atoms with Crippen LogP contribution in [-0.2, 0) is 9.59 Å². The molecule has 1 heterocycles. The summed E-state index contributed by atoms with van der Waals surface area (Å²) in [7, 11) is 0. The van der Waals surface area contributed by atoms with Gasteiger partial charge in [0.2, 0.25) is 11.8 Å². The molecule has 5 nitrogen and oxygen atoms in total. The topological polar surface area (TPSA) is 58.6 Å². The molecule has 2 amide bonds. The highest BCUT2D eigenvalue weighted by Gasteiger charge is 2.35. The minimum Gasteiger partial charge on any atom is -0.494 e. The number of ether oxygens (including phenoxy) is 1. The molecule has 6 heteroatoms. The number of aryl methyl sites for hydroxylation is 1. The Balaban J connectivity index is 1.67. The molecule has 1 saturated heterocycles. The molecule has 0 saturated carbocycles. The molecular formula is C20H21BrN2O3. The number of anilines is 2. The highest BCUT2D eigenvalue weighted by atomic mass is 79.9. The maximum absolute atomic E-state index is 12.6. The van der Waals surface area contributed by atoms with E-state index >= 15 is 0 Å². The molecule has 1 aliphatic heterocycles. The summed E-state index contributed by atoms with van der Waals surface area (Å²) in [6, 6.07) is 13.1. The zero-order valence-corrected chi connectivity index (χ0v) is 16.4. The SMILES string of the molecule is CCOc1ccc(N2C[C@@H](C(=O)Nc3ccc(Br)cc3C)CC2=O)cc1. The van der Waals surface area contributed by atoms with Crippen molar-refractivity contribution in [3.63, 3.8) is 0 Å². The Bertz CT molecular complexity index is 820. The normalized spacial score (nSPS) is 16.7. The van der Waals surface area contributed by atoms with Gasteiger partial charge in [-0.2, -0.15) is 0 Å². The number of hydrogen-bond donors (Lipinski definition) is 1. The predicted octanol–water partition coefficient (Wildman–Crippen LogP) is 4.15. The van der Waals surface area contributed by atoms with E-state index in [1.54, 1.807) is 4.90 Å². The maximum atomic E-state index is 12.6. The van der Waals surface area contributed by atoms with Gasteiger partial charge in [-0.3, -0.25) is 9.59 Å². The molecule has 0 spiro atoms. The lowest BCUT2D eigenvalue weighted by Crippen LogP contribution is -2.28. The number of carbonyl (C=O) groups excluding carboxylic acids is 2. The number of halogens is 1. The molecule has 0 aromatic heterocycles. The van der Waals surface area contributed by atoms with Gasteiger partial charge < -0.3 is 15.0 Å². The zero-order valence-electron chi connectivity index (χ0n) is 14.8. The molecule has 2 aromatic carbocycles. The van der Waals surface area contributed by atoms with Gasteiger partial charge in [-0.05, 0) is 61.9 Å². The standard InChI is InChI=1S/C20H21BrN2O3/c1-3-26-17-7-5-16(6-8-17)23-12-14(11-19(23)24)20(25)22-18-9-4-15(21)10-13(18)2/h4-10,14H,3,11-12H2,1-2H3,(H,22,25)/t14-/m0/s1. The summed E-state index contributed by atoms with van der Waals surface area (Å²) in [5.74, 6) is 0.235. The van der Waals surface area contributed by atoms with Crippen LogP contribution < -0.4 is 15.0 Å². The van der Waals surface area contributed by atoms with E-state index in [0.29, 0.717) is 13.2 Å². The van der Waals surface area contributed by atoms with Gasteiger partial charge in [0.1, 0.15) is 5.75 Å². The highest BCUT2D eigenvalue weighted by molar-refractivity contribution is 9.10. The minimum absolute atomic E-state index is 0.0400. The largest absolute Gasteiger partial charge is 0.494 e. The van der Waals surface area contributed by atoms with Crippen LogP contribution in [0.25, 0.3) is 0 Å². The first-order valence-electron chi connectivity index (χ1n) is 8.58. The first-order valence-corrected chi connectivity index (χ1v) is 9.37. The minimum atomic E-state index is -0.364. The molecule has 0 radical (unpaired) electrons. The summed E-state index contributed by atoms with van der Waals surface area (Å²) < 4.78 is 6.39. The Kier molecular flexibility index (Phi) is 5.61. The maximum Gasteiger partial charge on any atom is 0.229 e. The van der Waals surface area contributed by atoms with Crippen LogP contribution in [0.15, 0.2) is 46.9 Å². The first kappa shape index (κ1) is 18.5. The zero-order chi connectivity index (χ0) is 18.7. The Morgan fingerprint density at radius 1 is 1.27 bits per heavy atom. The summed E-state index contributed by atoms with van der Waals surface area (Å²) in [5, 5.41) is 2.94.